The second kappa shape index (κ2) is 8.36. The molecule has 1 aliphatic heterocycles. The first-order valence-electron chi connectivity index (χ1n) is 9.16. The van der Waals surface area contributed by atoms with Crippen molar-refractivity contribution < 1.29 is 10.2 Å². The van der Waals surface area contributed by atoms with Gasteiger partial charge in [-0.25, -0.2) is 9.67 Å². The van der Waals surface area contributed by atoms with E-state index in [4.69, 9.17) is 10.8 Å². The van der Waals surface area contributed by atoms with Crippen molar-refractivity contribution in [3.8, 4) is 0 Å². The van der Waals surface area contributed by atoms with E-state index in [2.05, 4.69) is 15.3 Å². The molecule has 1 aromatic heterocycles. The summed E-state index contributed by atoms with van der Waals surface area (Å²) in [6.07, 6.45) is 5.51. The molecule has 0 fully saturated rings. The fourth-order valence-corrected chi connectivity index (χ4v) is 3.33. The van der Waals surface area contributed by atoms with Gasteiger partial charge in [0.1, 0.15) is 0 Å². The van der Waals surface area contributed by atoms with Crippen LogP contribution in [0.1, 0.15) is 19.8 Å². The predicted octanol–water partition coefficient (Wildman–Crippen LogP) is -0.0427. The van der Waals surface area contributed by atoms with Gasteiger partial charge >= 0.3 is 0 Å². The fraction of sp³-hybridized carbons (Fsp3) is 0.500. The zero-order valence-electron chi connectivity index (χ0n) is 15.5. The average molecular weight is 374 g/mol. The molecule has 5 N–H and O–H groups in total. The minimum atomic E-state index is -0.188. The Morgan fingerprint density at radius 2 is 1.85 bits per heavy atom. The zero-order chi connectivity index (χ0) is 19.4. The van der Waals surface area contributed by atoms with Crippen LogP contribution in [-0.4, -0.2) is 57.3 Å². The molecule has 0 bridgehead atoms. The average Bonchev–Trinajstić information content (AvgIpc) is 2.92. The number of aliphatic imine (C=N–C) groups is 2. The van der Waals surface area contributed by atoms with E-state index in [1.54, 1.807) is 21.5 Å². The largest absolute Gasteiger partial charge is 0.395 e. The van der Waals surface area contributed by atoms with Crippen LogP contribution in [0, 0.1) is 0 Å². The summed E-state index contributed by atoms with van der Waals surface area (Å²) in [6.45, 7) is 3.81. The Kier molecular flexibility index (Phi) is 5.92. The van der Waals surface area contributed by atoms with E-state index in [0.717, 1.165) is 24.1 Å². The lowest BCUT2D eigenvalue weighted by molar-refractivity contribution is 0.298. The fourth-order valence-electron chi connectivity index (χ4n) is 3.33. The third-order valence-electron chi connectivity index (χ3n) is 4.68. The highest BCUT2D eigenvalue weighted by molar-refractivity contribution is 6.24. The minimum Gasteiger partial charge on any atom is -0.395 e. The van der Waals surface area contributed by atoms with Crippen LogP contribution in [0.4, 0.5) is 11.5 Å². The molecule has 1 aliphatic carbocycles. The van der Waals surface area contributed by atoms with Gasteiger partial charge in [0, 0.05) is 19.6 Å². The zero-order valence-corrected chi connectivity index (χ0v) is 15.5. The standard InChI is InChI=1S/C18H26N6O3/c1-12-13(20-6-10-25)4-5-14(15(12)21-7-11-26)22-16-17(19)23-8-2-3-9-24(23)18(16)27/h4-5,21,25-26H,2-3,6-11,19H2,1H3/b20-13+,22-14+. The SMILES string of the molecule is CC1=C(NCCO)C(=N/c2c(N)n3n(c2=O)CCCC3)/C=CC/1=N\CCO. The van der Waals surface area contributed by atoms with E-state index in [9.17, 15) is 9.90 Å². The molecule has 0 amide bonds. The van der Waals surface area contributed by atoms with Crippen LogP contribution in [0.25, 0.3) is 0 Å². The highest BCUT2D eigenvalue weighted by atomic mass is 16.3. The second-order valence-corrected chi connectivity index (χ2v) is 6.46. The summed E-state index contributed by atoms with van der Waals surface area (Å²) < 4.78 is 3.44. The number of hydrogen-bond donors (Lipinski definition) is 4. The van der Waals surface area contributed by atoms with Gasteiger partial charge in [-0.2, -0.15) is 0 Å². The van der Waals surface area contributed by atoms with Crippen molar-refractivity contribution in [3.05, 3.63) is 33.8 Å². The van der Waals surface area contributed by atoms with Gasteiger partial charge in [-0.05, 0) is 37.5 Å². The highest BCUT2D eigenvalue weighted by Gasteiger charge is 2.22. The number of aliphatic hydroxyl groups is 2. The Bertz CT molecular complexity index is 888. The maximum atomic E-state index is 12.7. The number of nitrogens with zero attached hydrogens (tertiary/aromatic N) is 4. The molecule has 2 aliphatic rings. The molecule has 2 heterocycles. The summed E-state index contributed by atoms with van der Waals surface area (Å²) in [6, 6.07) is 0. The number of aliphatic hydroxyl groups excluding tert-OH is 2. The minimum absolute atomic E-state index is 0.0332. The van der Waals surface area contributed by atoms with E-state index < -0.39 is 0 Å². The molecule has 9 heteroatoms. The summed E-state index contributed by atoms with van der Waals surface area (Å²) in [4.78, 5) is 21.6. The Morgan fingerprint density at radius 1 is 1.15 bits per heavy atom. The Hall–Kier alpha value is -2.65. The number of nitrogens with one attached hydrogen (secondary N) is 1. The van der Waals surface area contributed by atoms with Gasteiger partial charge in [0.2, 0.25) is 0 Å². The van der Waals surface area contributed by atoms with Gasteiger partial charge in [0.05, 0.1) is 36.9 Å². The number of aromatic nitrogens is 2. The number of anilines is 1. The van der Waals surface area contributed by atoms with Gasteiger partial charge in [0.25, 0.3) is 5.56 Å². The van der Waals surface area contributed by atoms with Crippen LogP contribution >= 0.6 is 0 Å². The van der Waals surface area contributed by atoms with Gasteiger partial charge < -0.3 is 21.3 Å². The van der Waals surface area contributed by atoms with Crippen molar-refractivity contribution in [3.63, 3.8) is 0 Å². The molecule has 146 valence electrons. The molecular formula is C18H26N6O3. The van der Waals surface area contributed by atoms with Gasteiger partial charge in [-0.3, -0.25) is 14.5 Å². The molecule has 0 unspecified atom stereocenters. The molecule has 0 saturated heterocycles. The molecule has 0 aromatic carbocycles. The number of allylic oxidation sites excluding steroid dienone is 3. The Balaban J connectivity index is 2.05. The Labute approximate surface area is 157 Å². The highest BCUT2D eigenvalue weighted by Crippen LogP contribution is 2.24. The maximum absolute atomic E-state index is 12.7. The number of nitrogens with two attached hydrogens (primary N) is 1. The van der Waals surface area contributed by atoms with Crippen molar-refractivity contribution >= 4 is 22.9 Å². The quantitative estimate of drug-likeness (QED) is 0.519. The van der Waals surface area contributed by atoms with Gasteiger partial charge in [-0.15, -0.1) is 0 Å². The molecule has 0 radical (unpaired) electrons. The molecule has 0 saturated carbocycles. The van der Waals surface area contributed by atoms with E-state index in [1.807, 2.05) is 6.92 Å². The van der Waals surface area contributed by atoms with Gasteiger partial charge in [-0.1, -0.05) is 0 Å². The van der Waals surface area contributed by atoms with E-state index in [0.29, 0.717) is 43.4 Å². The number of fused-ring (bicyclic) bond motifs is 1. The first kappa shape index (κ1) is 19.1. The summed E-state index contributed by atoms with van der Waals surface area (Å²) in [5, 5.41) is 21.3. The lowest BCUT2D eigenvalue weighted by atomic mass is 9.99. The molecular weight excluding hydrogens is 348 g/mol. The second-order valence-electron chi connectivity index (χ2n) is 6.46. The number of rotatable bonds is 6. The van der Waals surface area contributed by atoms with Crippen LogP contribution in [0.3, 0.4) is 0 Å². The predicted molar refractivity (Wildman–Crippen MR) is 106 cm³/mol. The molecule has 27 heavy (non-hydrogen) atoms. The maximum Gasteiger partial charge on any atom is 0.294 e. The van der Waals surface area contributed by atoms with Crippen LogP contribution in [-0.2, 0) is 13.1 Å². The van der Waals surface area contributed by atoms with Crippen LogP contribution in [0.15, 0.2) is 38.2 Å². The van der Waals surface area contributed by atoms with Crippen molar-refractivity contribution in [1.29, 1.82) is 0 Å². The van der Waals surface area contributed by atoms with Crippen LogP contribution in [0.2, 0.25) is 0 Å². The van der Waals surface area contributed by atoms with E-state index >= 15 is 0 Å². The molecule has 0 atom stereocenters. The van der Waals surface area contributed by atoms with Crippen molar-refractivity contribution in [2.24, 2.45) is 9.98 Å². The first-order chi connectivity index (χ1) is 13.1. The number of nitrogen functional groups attached to an aromatic ring is 1. The van der Waals surface area contributed by atoms with Crippen LogP contribution < -0.4 is 16.6 Å². The third-order valence-corrected chi connectivity index (χ3v) is 4.68. The molecule has 3 rings (SSSR count). The molecule has 1 aromatic rings. The van der Waals surface area contributed by atoms with Crippen LogP contribution in [0.5, 0.6) is 0 Å². The lowest BCUT2D eigenvalue weighted by Crippen LogP contribution is -2.28. The van der Waals surface area contributed by atoms with E-state index in [1.165, 1.54) is 0 Å². The third kappa shape index (κ3) is 3.74. The molecule has 9 nitrogen and oxygen atoms in total. The summed E-state index contributed by atoms with van der Waals surface area (Å²) in [7, 11) is 0. The van der Waals surface area contributed by atoms with Crippen molar-refractivity contribution in [2.75, 3.05) is 32.0 Å². The van der Waals surface area contributed by atoms with E-state index in [-0.39, 0.29) is 24.5 Å². The summed E-state index contributed by atoms with van der Waals surface area (Å²) in [5.74, 6) is 0.375. The first-order valence-corrected chi connectivity index (χ1v) is 9.16. The summed E-state index contributed by atoms with van der Waals surface area (Å²) >= 11 is 0. The molecule has 0 spiro atoms. The number of hydrogen-bond acceptors (Lipinski definition) is 7. The smallest absolute Gasteiger partial charge is 0.294 e. The van der Waals surface area contributed by atoms with Crippen molar-refractivity contribution in [1.82, 2.24) is 14.7 Å². The topological polar surface area (TPSA) is 130 Å². The Morgan fingerprint density at radius 3 is 2.52 bits per heavy atom. The summed E-state index contributed by atoms with van der Waals surface area (Å²) in [5.41, 5.74) is 9.07. The lowest BCUT2D eigenvalue weighted by Gasteiger charge is -2.19. The monoisotopic (exact) mass is 374 g/mol. The van der Waals surface area contributed by atoms with Gasteiger partial charge in [0.15, 0.2) is 11.5 Å². The van der Waals surface area contributed by atoms with Crippen molar-refractivity contribution in [2.45, 2.75) is 32.9 Å². The normalized spacial score (nSPS) is 19.8.